The molecular formula is C26H29N3O4S. The molecule has 0 aliphatic heterocycles. The Hall–Kier alpha value is -3.39. The quantitative estimate of drug-likeness (QED) is 0.446. The van der Waals surface area contributed by atoms with Gasteiger partial charge in [-0.25, -0.2) is 13.4 Å². The van der Waals surface area contributed by atoms with E-state index in [9.17, 15) is 13.2 Å². The van der Waals surface area contributed by atoms with E-state index in [1.807, 2.05) is 19.1 Å². The number of ether oxygens (including phenoxy) is 1. The van der Waals surface area contributed by atoms with E-state index in [1.54, 1.807) is 48.5 Å². The van der Waals surface area contributed by atoms with Gasteiger partial charge in [-0.15, -0.1) is 0 Å². The minimum Gasteiger partial charge on any atom is -0.439 e. The van der Waals surface area contributed by atoms with Crippen LogP contribution in [-0.2, 0) is 10.0 Å². The zero-order chi connectivity index (χ0) is 24.0. The molecule has 0 atom stereocenters. The summed E-state index contributed by atoms with van der Waals surface area (Å²) in [6.07, 6.45) is 7.51. The number of nitrogens with zero attached hydrogens (tertiary/aromatic N) is 1. The van der Waals surface area contributed by atoms with Gasteiger partial charge in [0.2, 0.25) is 5.88 Å². The summed E-state index contributed by atoms with van der Waals surface area (Å²) in [5, 5.41) is 2.74. The second-order valence-corrected chi connectivity index (χ2v) is 10.1. The number of hydrogen-bond donors (Lipinski definition) is 2. The molecule has 2 aromatic carbocycles. The summed E-state index contributed by atoms with van der Waals surface area (Å²) in [6.45, 7) is 2.42. The second kappa shape index (κ2) is 10.7. The third kappa shape index (κ3) is 5.94. The van der Waals surface area contributed by atoms with Crippen LogP contribution in [0.25, 0.3) is 0 Å². The molecule has 1 aliphatic carbocycles. The number of carbonyl (C=O) groups is 1. The lowest BCUT2D eigenvalue weighted by Crippen LogP contribution is -2.22. The fraction of sp³-hybridized carbons (Fsp3) is 0.308. The standard InChI is InChI=1S/C26H29N3O4S/c1-2-27-26(30)21-8-13-23(14-9-21)33-25-17-12-22(18-28-25)29-34(31,32)24-15-10-20(11-16-24)19-6-4-3-5-7-19/h8-19,29H,2-7H2,1H3,(H,27,30). The van der Waals surface area contributed by atoms with Crippen LogP contribution in [-0.4, -0.2) is 25.9 Å². The third-order valence-electron chi connectivity index (χ3n) is 5.93. The molecule has 3 aromatic rings. The van der Waals surface area contributed by atoms with Crippen molar-refractivity contribution >= 4 is 21.6 Å². The molecule has 1 aromatic heterocycles. The Morgan fingerprint density at radius 1 is 0.971 bits per heavy atom. The van der Waals surface area contributed by atoms with Gasteiger partial charge in [-0.3, -0.25) is 9.52 Å². The Kier molecular flexibility index (Phi) is 7.47. The number of amides is 1. The van der Waals surface area contributed by atoms with Crippen LogP contribution in [0.4, 0.5) is 5.69 Å². The number of sulfonamides is 1. The number of anilines is 1. The Labute approximate surface area is 200 Å². The van der Waals surface area contributed by atoms with E-state index in [2.05, 4.69) is 15.0 Å². The minimum absolute atomic E-state index is 0.146. The SMILES string of the molecule is CCNC(=O)c1ccc(Oc2ccc(NS(=O)(=O)c3ccc(C4CCCCC4)cc3)cn2)cc1. The molecule has 0 bridgehead atoms. The number of benzene rings is 2. The molecule has 8 heteroatoms. The van der Waals surface area contributed by atoms with Crippen LogP contribution in [0.5, 0.6) is 11.6 Å². The van der Waals surface area contributed by atoms with Crippen LogP contribution in [0.15, 0.2) is 71.8 Å². The summed E-state index contributed by atoms with van der Waals surface area (Å²) in [5.41, 5.74) is 2.09. The van der Waals surface area contributed by atoms with Crippen molar-refractivity contribution in [1.82, 2.24) is 10.3 Å². The predicted molar refractivity (Wildman–Crippen MR) is 132 cm³/mol. The number of nitrogens with one attached hydrogen (secondary N) is 2. The van der Waals surface area contributed by atoms with E-state index in [4.69, 9.17) is 4.74 Å². The summed E-state index contributed by atoms with van der Waals surface area (Å²) in [7, 11) is -3.72. The van der Waals surface area contributed by atoms with Gasteiger partial charge >= 0.3 is 0 Å². The first-order chi connectivity index (χ1) is 16.4. The van der Waals surface area contributed by atoms with E-state index >= 15 is 0 Å². The zero-order valence-corrected chi connectivity index (χ0v) is 20.0. The molecule has 4 rings (SSSR count). The first kappa shape index (κ1) is 23.8. The summed E-state index contributed by atoms with van der Waals surface area (Å²) >= 11 is 0. The van der Waals surface area contributed by atoms with Gasteiger partial charge in [-0.2, -0.15) is 0 Å². The van der Waals surface area contributed by atoms with Gasteiger partial charge in [-0.1, -0.05) is 31.4 Å². The fourth-order valence-electron chi connectivity index (χ4n) is 4.13. The van der Waals surface area contributed by atoms with Crippen molar-refractivity contribution in [3.63, 3.8) is 0 Å². The number of aromatic nitrogens is 1. The maximum absolute atomic E-state index is 12.8. The molecule has 0 saturated heterocycles. The number of hydrogen-bond acceptors (Lipinski definition) is 5. The van der Waals surface area contributed by atoms with Gasteiger partial charge in [0, 0.05) is 18.2 Å². The molecule has 1 amide bonds. The van der Waals surface area contributed by atoms with Gasteiger partial charge in [0.05, 0.1) is 16.8 Å². The molecule has 7 nitrogen and oxygen atoms in total. The van der Waals surface area contributed by atoms with E-state index in [1.165, 1.54) is 43.9 Å². The van der Waals surface area contributed by atoms with E-state index in [0.29, 0.717) is 35.3 Å². The summed E-state index contributed by atoms with van der Waals surface area (Å²) in [6, 6.07) is 17.1. The van der Waals surface area contributed by atoms with Crippen molar-refractivity contribution in [1.29, 1.82) is 0 Å². The van der Waals surface area contributed by atoms with E-state index in [-0.39, 0.29) is 10.8 Å². The number of pyridine rings is 1. The van der Waals surface area contributed by atoms with Gasteiger partial charge in [0.25, 0.3) is 15.9 Å². The largest absolute Gasteiger partial charge is 0.439 e. The molecule has 0 unspecified atom stereocenters. The highest BCUT2D eigenvalue weighted by Gasteiger charge is 2.18. The Morgan fingerprint density at radius 3 is 2.29 bits per heavy atom. The average Bonchev–Trinajstić information content (AvgIpc) is 2.86. The second-order valence-electron chi connectivity index (χ2n) is 8.38. The monoisotopic (exact) mass is 479 g/mol. The van der Waals surface area contributed by atoms with E-state index < -0.39 is 10.0 Å². The Bertz CT molecular complexity index is 1200. The summed E-state index contributed by atoms with van der Waals surface area (Å²) in [4.78, 5) is 16.2. The molecule has 0 spiro atoms. The zero-order valence-electron chi connectivity index (χ0n) is 19.2. The Balaban J connectivity index is 1.37. The lowest BCUT2D eigenvalue weighted by molar-refractivity contribution is 0.0956. The molecule has 178 valence electrons. The third-order valence-corrected chi connectivity index (χ3v) is 7.33. The highest BCUT2D eigenvalue weighted by Crippen LogP contribution is 2.33. The normalized spacial score (nSPS) is 14.4. The topological polar surface area (TPSA) is 97.4 Å². The fourth-order valence-corrected chi connectivity index (χ4v) is 5.17. The van der Waals surface area contributed by atoms with Crippen molar-refractivity contribution in [2.45, 2.75) is 49.8 Å². The van der Waals surface area contributed by atoms with Crippen molar-refractivity contribution in [2.75, 3.05) is 11.3 Å². The summed E-state index contributed by atoms with van der Waals surface area (Å²) in [5.74, 6) is 1.21. The van der Waals surface area contributed by atoms with Crippen molar-refractivity contribution in [2.24, 2.45) is 0 Å². The average molecular weight is 480 g/mol. The maximum atomic E-state index is 12.8. The molecule has 34 heavy (non-hydrogen) atoms. The lowest BCUT2D eigenvalue weighted by Gasteiger charge is -2.22. The highest BCUT2D eigenvalue weighted by atomic mass is 32.2. The first-order valence-electron chi connectivity index (χ1n) is 11.6. The van der Waals surface area contributed by atoms with Crippen molar-refractivity contribution in [3.8, 4) is 11.6 Å². The first-order valence-corrected chi connectivity index (χ1v) is 13.1. The molecule has 1 aliphatic rings. The number of carbonyl (C=O) groups excluding carboxylic acids is 1. The molecule has 0 radical (unpaired) electrons. The summed E-state index contributed by atoms with van der Waals surface area (Å²) < 4.78 is 33.9. The van der Waals surface area contributed by atoms with Crippen LogP contribution >= 0.6 is 0 Å². The van der Waals surface area contributed by atoms with Crippen molar-refractivity contribution in [3.05, 3.63) is 78.0 Å². The molecule has 1 saturated carbocycles. The van der Waals surface area contributed by atoms with Crippen LogP contribution in [0.2, 0.25) is 0 Å². The molecular weight excluding hydrogens is 450 g/mol. The van der Waals surface area contributed by atoms with Gasteiger partial charge in [0.15, 0.2) is 0 Å². The van der Waals surface area contributed by atoms with Gasteiger partial charge < -0.3 is 10.1 Å². The molecule has 2 N–H and O–H groups in total. The number of rotatable bonds is 8. The van der Waals surface area contributed by atoms with Gasteiger partial charge in [-0.05, 0) is 73.7 Å². The molecule has 1 fully saturated rings. The molecule has 1 heterocycles. The van der Waals surface area contributed by atoms with Crippen molar-refractivity contribution < 1.29 is 17.9 Å². The van der Waals surface area contributed by atoms with Crippen LogP contribution in [0.3, 0.4) is 0 Å². The van der Waals surface area contributed by atoms with Gasteiger partial charge in [0.1, 0.15) is 5.75 Å². The van der Waals surface area contributed by atoms with E-state index in [0.717, 1.165) is 0 Å². The van der Waals surface area contributed by atoms with Crippen LogP contribution < -0.4 is 14.8 Å². The smallest absolute Gasteiger partial charge is 0.261 e. The Morgan fingerprint density at radius 2 is 1.68 bits per heavy atom. The van der Waals surface area contributed by atoms with Crippen LogP contribution in [0, 0.1) is 0 Å². The lowest BCUT2D eigenvalue weighted by atomic mass is 9.84. The minimum atomic E-state index is -3.72. The predicted octanol–water partition coefficient (Wildman–Crippen LogP) is 5.47. The van der Waals surface area contributed by atoms with Crippen LogP contribution in [0.1, 0.15) is 60.9 Å². The highest BCUT2D eigenvalue weighted by molar-refractivity contribution is 7.92. The maximum Gasteiger partial charge on any atom is 0.261 e.